The highest BCUT2D eigenvalue weighted by Gasteiger charge is 2.30. The number of carbonyl (C=O) groups is 1. The van der Waals surface area contributed by atoms with Crippen LogP contribution >= 0.6 is 58.0 Å². The van der Waals surface area contributed by atoms with E-state index in [0.29, 0.717) is 58.3 Å². The van der Waals surface area contributed by atoms with Crippen LogP contribution in [0.25, 0.3) is 11.4 Å². The van der Waals surface area contributed by atoms with Gasteiger partial charge in [-0.1, -0.05) is 69.2 Å². The lowest BCUT2D eigenvalue weighted by Crippen LogP contribution is -2.38. The van der Waals surface area contributed by atoms with Gasteiger partial charge in [0.15, 0.2) is 0 Å². The van der Waals surface area contributed by atoms with Gasteiger partial charge in [-0.25, -0.2) is 0 Å². The molecule has 1 aliphatic rings. The van der Waals surface area contributed by atoms with Crippen LogP contribution in [-0.4, -0.2) is 34.0 Å². The number of hydrogen-bond acceptors (Lipinski definition) is 4. The van der Waals surface area contributed by atoms with Crippen LogP contribution in [0, 0.1) is 0 Å². The van der Waals surface area contributed by atoms with Gasteiger partial charge in [0.2, 0.25) is 11.7 Å². The van der Waals surface area contributed by atoms with Crippen molar-refractivity contribution in [1.82, 2.24) is 15.0 Å². The molecule has 4 rings (SSSR count). The number of rotatable bonds is 3. The fraction of sp³-hybridized carbons (Fsp3) is 0.250. The highest BCUT2D eigenvalue weighted by Crippen LogP contribution is 2.36. The molecule has 0 N–H and O–H groups in total. The zero-order valence-corrected chi connectivity index (χ0v) is 19.1. The smallest absolute Gasteiger partial charge is 0.256 e. The third-order valence-electron chi connectivity index (χ3n) is 4.98. The Labute approximate surface area is 197 Å². The predicted octanol–water partition coefficient (Wildman–Crippen LogP) is 7.02. The average molecular weight is 506 g/mol. The zero-order chi connectivity index (χ0) is 21.4. The van der Waals surface area contributed by atoms with Crippen LogP contribution in [0.2, 0.25) is 25.1 Å². The lowest BCUT2D eigenvalue weighted by molar-refractivity contribution is 0.0705. The lowest BCUT2D eigenvalue weighted by Gasteiger charge is -2.30. The van der Waals surface area contributed by atoms with E-state index >= 15 is 0 Å². The Morgan fingerprint density at radius 2 is 1.57 bits per heavy atom. The molecule has 1 aliphatic heterocycles. The molecule has 1 aromatic heterocycles. The number of piperidine rings is 1. The molecule has 30 heavy (non-hydrogen) atoms. The molecule has 1 saturated heterocycles. The molecule has 0 spiro atoms. The molecule has 0 saturated carbocycles. The maximum Gasteiger partial charge on any atom is 0.256 e. The van der Waals surface area contributed by atoms with Crippen molar-refractivity contribution in [3.05, 3.63) is 66.9 Å². The summed E-state index contributed by atoms with van der Waals surface area (Å²) in [5.74, 6) is 0.636. The maximum absolute atomic E-state index is 12.9. The third-order valence-corrected chi connectivity index (χ3v) is 6.42. The fourth-order valence-corrected chi connectivity index (χ4v) is 4.99. The van der Waals surface area contributed by atoms with Gasteiger partial charge in [0.05, 0.1) is 31.2 Å². The van der Waals surface area contributed by atoms with Gasteiger partial charge in [0.1, 0.15) is 0 Å². The first-order valence-corrected chi connectivity index (χ1v) is 11.0. The summed E-state index contributed by atoms with van der Waals surface area (Å²) in [4.78, 5) is 19.1. The van der Waals surface area contributed by atoms with Gasteiger partial charge in [0, 0.05) is 24.0 Å². The number of nitrogens with zero attached hydrogens (tertiary/aromatic N) is 3. The Bertz CT molecular complexity index is 1070. The number of hydrogen-bond donors (Lipinski definition) is 0. The predicted molar refractivity (Wildman–Crippen MR) is 119 cm³/mol. The quantitative estimate of drug-likeness (QED) is 0.384. The van der Waals surface area contributed by atoms with Gasteiger partial charge in [-0.3, -0.25) is 4.79 Å². The molecule has 1 fully saturated rings. The van der Waals surface area contributed by atoms with Gasteiger partial charge in [0.25, 0.3) is 5.91 Å². The van der Waals surface area contributed by atoms with E-state index < -0.39 is 0 Å². The van der Waals surface area contributed by atoms with Crippen molar-refractivity contribution < 1.29 is 9.32 Å². The second-order valence-electron chi connectivity index (χ2n) is 6.86. The lowest BCUT2D eigenvalue weighted by atomic mass is 9.96. The van der Waals surface area contributed by atoms with Crippen LogP contribution in [0.5, 0.6) is 0 Å². The zero-order valence-electron chi connectivity index (χ0n) is 15.3. The second kappa shape index (κ2) is 8.93. The van der Waals surface area contributed by atoms with Crippen molar-refractivity contribution in [3.8, 4) is 11.4 Å². The Balaban J connectivity index is 1.47. The molecule has 2 heterocycles. The maximum atomic E-state index is 12.9. The molecule has 156 valence electrons. The number of carbonyl (C=O) groups excluding carboxylic acids is 1. The number of likely N-dealkylation sites (tertiary alicyclic amines) is 1. The summed E-state index contributed by atoms with van der Waals surface area (Å²) < 4.78 is 5.46. The normalized spacial score (nSPS) is 14.9. The van der Waals surface area contributed by atoms with Gasteiger partial charge in [-0.15, -0.1) is 0 Å². The molecule has 0 unspecified atom stereocenters. The number of aromatic nitrogens is 2. The molecule has 0 aliphatic carbocycles. The highest BCUT2D eigenvalue weighted by molar-refractivity contribution is 6.42. The average Bonchev–Trinajstić information content (AvgIpc) is 3.17. The molecule has 0 atom stereocenters. The first-order chi connectivity index (χ1) is 14.3. The van der Waals surface area contributed by atoms with E-state index in [2.05, 4.69) is 10.1 Å². The van der Waals surface area contributed by atoms with E-state index in [4.69, 9.17) is 62.5 Å². The molecule has 1 amide bonds. The van der Waals surface area contributed by atoms with Gasteiger partial charge in [-0.05, 0) is 37.1 Å². The molecule has 3 aromatic rings. The van der Waals surface area contributed by atoms with E-state index in [-0.39, 0.29) is 27.4 Å². The first-order valence-electron chi connectivity index (χ1n) is 9.07. The molecule has 5 nitrogen and oxygen atoms in total. The minimum Gasteiger partial charge on any atom is -0.339 e. The van der Waals surface area contributed by atoms with Gasteiger partial charge < -0.3 is 9.42 Å². The van der Waals surface area contributed by atoms with E-state index in [1.165, 1.54) is 12.1 Å². The second-order valence-corrected chi connectivity index (χ2v) is 8.93. The van der Waals surface area contributed by atoms with E-state index in [1.54, 1.807) is 23.1 Å². The standard InChI is InChI=1S/C20H14Cl5N3O2/c21-11-8-14(24)17(15(25)9-11)20(29)28-6-4-10(5-7-28)19-26-18(27-30-19)16-12(22)2-1-3-13(16)23/h1-3,8-10H,4-7H2. The van der Waals surface area contributed by atoms with Crippen molar-refractivity contribution in [2.75, 3.05) is 13.1 Å². The van der Waals surface area contributed by atoms with Crippen molar-refractivity contribution in [1.29, 1.82) is 0 Å². The van der Waals surface area contributed by atoms with Gasteiger partial charge >= 0.3 is 0 Å². The van der Waals surface area contributed by atoms with Crippen molar-refractivity contribution in [3.63, 3.8) is 0 Å². The van der Waals surface area contributed by atoms with Crippen LogP contribution in [0.15, 0.2) is 34.9 Å². The highest BCUT2D eigenvalue weighted by atomic mass is 35.5. The van der Waals surface area contributed by atoms with Gasteiger partial charge in [-0.2, -0.15) is 4.98 Å². The molecular formula is C20H14Cl5N3O2. The number of amides is 1. The Kier molecular flexibility index (Phi) is 6.47. The number of benzene rings is 2. The summed E-state index contributed by atoms with van der Waals surface area (Å²) in [6.45, 7) is 1.01. The van der Waals surface area contributed by atoms with E-state index in [0.717, 1.165) is 0 Å². The molecule has 10 heteroatoms. The molecule has 2 aromatic carbocycles. The molecule has 0 bridgehead atoms. The van der Waals surface area contributed by atoms with Crippen molar-refractivity contribution in [2.45, 2.75) is 18.8 Å². The van der Waals surface area contributed by atoms with Crippen molar-refractivity contribution in [2.24, 2.45) is 0 Å². The first kappa shape index (κ1) is 21.7. The van der Waals surface area contributed by atoms with E-state index in [9.17, 15) is 4.79 Å². The summed E-state index contributed by atoms with van der Waals surface area (Å²) in [6, 6.07) is 8.20. The Morgan fingerprint density at radius 3 is 2.17 bits per heavy atom. The van der Waals surface area contributed by atoms with Crippen LogP contribution in [0.4, 0.5) is 0 Å². The molecule has 0 radical (unpaired) electrons. The minimum absolute atomic E-state index is 0.0210. The summed E-state index contributed by atoms with van der Waals surface area (Å²) in [6.07, 6.45) is 1.32. The summed E-state index contributed by atoms with van der Waals surface area (Å²) in [5.41, 5.74) is 0.796. The topological polar surface area (TPSA) is 59.2 Å². The van der Waals surface area contributed by atoms with Crippen LogP contribution in [0.3, 0.4) is 0 Å². The largest absolute Gasteiger partial charge is 0.339 e. The summed E-state index contributed by atoms with van der Waals surface area (Å²) >= 11 is 30.8. The number of halogens is 5. The summed E-state index contributed by atoms with van der Waals surface area (Å²) in [5, 5.41) is 5.78. The minimum atomic E-state index is -0.228. The monoisotopic (exact) mass is 503 g/mol. The van der Waals surface area contributed by atoms with Crippen LogP contribution < -0.4 is 0 Å². The fourth-order valence-electron chi connectivity index (χ4n) is 3.45. The van der Waals surface area contributed by atoms with Crippen molar-refractivity contribution >= 4 is 63.9 Å². The third kappa shape index (κ3) is 4.27. The summed E-state index contributed by atoms with van der Waals surface area (Å²) in [7, 11) is 0. The van der Waals surface area contributed by atoms with E-state index in [1.807, 2.05) is 0 Å². The molecular weight excluding hydrogens is 492 g/mol. The van der Waals surface area contributed by atoms with Crippen LogP contribution in [-0.2, 0) is 0 Å². The van der Waals surface area contributed by atoms with Crippen LogP contribution in [0.1, 0.15) is 35.0 Å². The SMILES string of the molecule is O=C(c1c(Cl)cc(Cl)cc1Cl)N1CCC(c2nc(-c3c(Cl)cccc3Cl)no2)CC1. The Hall–Kier alpha value is -1.50. The Morgan fingerprint density at radius 1 is 0.967 bits per heavy atom.